The second-order valence-electron chi connectivity index (χ2n) is 3.26. The number of hydrogen-bond acceptors (Lipinski definition) is 3. The first-order chi connectivity index (χ1) is 7.56. The molecule has 1 aliphatic rings. The van der Waals surface area contributed by atoms with E-state index in [9.17, 15) is 4.79 Å². The number of amidine groups is 1. The molecule has 0 aliphatic carbocycles. The SMILES string of the molecule is C[C@@H]1SC(=Nc2ccc(Cl)cc2Cl)NC1=O. The molecule has 1 fully saturated rings. The summed E-state index contributed by atoms with van der Waals surface area (Å²) < 4.78 is 0. The van der Waals surface area contributed by atoms with Crippen LogP contribution in [0.1, 0.15) is 6.92 Å². The third-order valence-electron chi connectivity index (χ3n) is 2.02. The zero-order valence-corrected chi connectivity index (χ0v) is 10.7. The average molecular weight is 275 g/mol. The maximum absolute atomic E-state index is 11.2. The molecule has 1 amide bonds. The van der Waals surface area contributed by atoms with Gasteiger partial charge in [0.2, 0.25) is 5.91 Å². The van der Waals surface area contributed by atoms with Gasteiger partial charge in [-0.3, -0.25) is 4.79 Å². The van der Waals surface area contributed by atoms with Crippen LogP contribution in [0.15, 0.2) is 23.2 Å². The van der Waals surface area contributed by atoms with Gasteiger partial charge in [0, 0.05) is 5.02 Å². The number of carbonyl (C=O) groups excluding carboxylic acids is 1. The van der Waals surface area contributed by atoms with Gasteiger partial charge in [-0.05, 0) is 25.1 Å². The van der Waals surface area contributed by atoms with Crippen LogP contribution >= 0.6 is 35.0 Å². The normalized spacial score (nSPS) is 22.6. The molecule has 1 aromatic carbocycles. The topological polar surface area (TPSA) is 41.5 Å². The summed E-state index contributed by atoms with van der Waals surface area (Å²) in [6, 6.07) is 5.04. The summed E-state index contributed by atoms with van der Waals surface area (Å²) in [5.41, 5.74) is 0.600. The summed E-state index contributed by atoms with van der Waals surface area (Å²) >= 11 is 13.1. The van der Waals surface area contributed by atoms with Gasteiger partial charge in [-0.2, -0.15) is 0 Å². The van der Waals surface area contributed by atoms with E-state index in [1.807, 2.05) is 6.92 Å². The molecule has 0 bridgehead atoms. The van der Waals surface area contributed by atoms with Gasteiger partial charge in [-0.1, -0.05) is 35.0 Å². The number of carbonyl (C=O) groups is 1. The molecule has 0 saturated carbocycles. The quantitative estimate of drug-likeness (QED) is 0.854. The molecule has 2 rings (SSSR count). The second kappa shape index (κ2) is 4.65. The summed E-state index contributed by atoms with van der Waals surface area (Å²) in [5, 5.41) is 4.17. The number of benzene rings is 1. The van der Waals surface area contributed by atoms with E-state index in [1.54, 1.807) is 18.2 Å². The molecule has 0 aromatic heterocycles. The standard InChI is InChI=1S/C10H8Cl2N2OS/c1-5-9(15)14-10(16-5)13-8-3-2-6(11)4-7(8)12/h2-5H,1H3,(H,13,14,15)/t5-/m0/s1. The van der Waals surface area contributed by atoms with Crippen molar-refractivity contribution in [1.29, 1.82) is 0 Å². The van der Waals surface area contributed by atoms with Crippen molar-refractivity contribution in [3.8, 4) is 0 Å². The van der Waals surface area contributed by atoms with Gasteiger partial charge in [-0.25, -0.2) is 4.99 Å². The molecule has 1 saturated heterocycles. The van der Waals surface area contributed by atoms with E-state index < -0.39 is 0 Å². The molecule has 0 unspecified atom stereocenters. The largest absolute Gasteiger partial charge is 0.304 e. The van der Waals surface area contributed by atoms with Gasteiger partial charge in [0.1, 0.15) is 0 Å². The van der Waals surface area contributed by atoms with Crippen LogP contribution in [0.25, 0.3) is 0 Å². The maximum Gasteiger partial charge on any atom is 0.239 e. The van der Waals surface area contributed by atoms with Crippen LogP contribution in [0.3, 0.4) is 0 Å². The van der Waals surface area contributed by atoms with Gasteiger partial charge in [0.05, 0.1) is 16.0 Å². The van der Waals surface area contributed by atoms with Crippen LogP contribution in [0.2, 0.25) is 10.0 Å². The molecule has 0 radical (unpaired) electrons. The summed E-state index contributed by atoms with van der Waals surface area (Å²) in [5.74, 6) is -0.0335. The highest BCUT2D eigenvalue weighted by Gasteiger charge is 2.25. The average Bonchev–Trinajstić information content (AvgIpc) is 2.51. The van der Waals surface area contributed by atoms with Crippen molar-refractivity contribution in [3.05, 3.63) is 28.2 Å². The minimum atomic E-state index is -0.107. The van der Waals surface area contributed by atoms with E-state index in [4.69, 9.17) is 23.2 Å². The Hall–Kier alpha value is -0.710. The number of halogens is 2. The number of rotatable bonds is 1. The highest BCUT2D eigenvalue weighted by atomic mass is 35.5. The third-order valence-corrected chi connectivity index (χ3v) is 3.54. The Balaban J connectivity index is 2.27. The molecule has 6 heteroatoms. The predicted molar refractivity (Wildman–Crippen MR) is 68.8 cm³/mol. The lowest BCUT2D eigenvalue weighted by Crippen LogP contribution is -2.23. The number of hydrogen-bond donors (Lipinski definition) is 1. The van der Waals surface area contributed by atoms with Crippen LogP contribution in [0.5, 0.6) is 0 Å². The second-order valence-corrected chi connectivity index (χ2v) is 5.44. The van der Waals surface area contributed by atoms with Crippen molar-refractivity contribution in [1.82, 2.24) is 5.32 Å². The first kappa shape index (κ1) is 11.8. The lowest BCUT2D eigenvalue weighted by molar-refractivity contribution is -0.118. The van der Waals surface area contributed by atoms with Gasteiger partial charge in [0.25, 0.3) is 0 Å². The number of amides is 1. The highest BCUT2D eigenvalue weighted by molar-refractivity contribution is 8.15. The molecule has 1 heterocycles. The Morgan fingerprint density at radius 1 is 1.44 bits per heavy atom. The maximum atomic E-state index is 11.2. The molecule has 1 aliphatic heterocycles. The van der Waals surface area contributed by atoms with E-state index in [-0.39, 0.29) is 11.2 Å². The minimum absolute atomic E-state index is 0.0335. The van der Waals surface area contributed by atoms with Crippen molar-refractivity contribution < 1.29 is 4.79 Å². The third kappa shape index (κ3) is 2.51. The summed E-state index contributed by atoms with van der Waals surface area (Å²) in [6.07, 6.45) is 0. The first-order valence-electron chi connectivity index (χ1n) is 4.57. The number of aliphatic imine (C=N–C) groups is 1. The van der Waals surface area contributed by atoms with Crippen molar-refractivity contribution in [2.24, 2.45) is 4.99 Å². The highest BCUT2D eigenvalue weighted by Crippen LogP contribution is 2.30. The molecule has 16 heavy (non-hydrogen) atoms. The monoisotopic (exact) mass is 274 g/mol. The van der Waals surface area contributed by atoms with E-state index in [0.29, 0.717) is 20.9 Å². The zero-order valence-electron chi connectivity index (χ0n) is 8.33. The van der Waals surface area contributed by atoms with Crippen LogP contribution in [0.4, 0.5) is 5.69 Å². The number of nitrogens with one attached hydrogen (secondary N) is 1. The predicted octanol–water partition coefficient (Wildman–Crippen LogP) is 3.23. The fourth-order valence-electron chi connectivity index (χ4n) is 1.19. The fourth-order valence-corrected chi connectivity index (χ4v) is 2.46. The van der Waals surface area contributed by atoms with Gasteiger partial charge in [0.15, 0.2) is 5.17 Å². The number of thioether (sulfide) groups is 1. The molecule has 0 spiro atoms. The van der Waals surface area contributed by atoms with Crippen molar-refractivity contribution in [2.45, 2.75) is 12.2 Å². The molecule has 84 valence electrons. The molecule has 3 nitrogen and oxygen atoms in total. The molecule has 1 aromatic rings. The first-order valence-corrected chi connectivity index (χ1v) is 6.21. The Morgan fingerprint density at radius 2 is 2.19 bits per heavy atom. The molecule has 1 atom stereocenters. The Kier molecular flexibility index (Phi) is 3.42. The van der Waals surface area contributed by atoms with E-state index >= 15 is 0 Å². The van der Waals surface area contributed by atoms with Crippen LogP contribution in [-0.4, -0.2) is 16.3 Å². The lowest BCUT2D eigenvalue weighted by Gasteiger charge is -2.00. The van der Waals surface area contributed by atoms with E-state index in [1.165, 1.54) is 11.8 Å². The van der Waals surface area contributed by atoms with E-state index in [0.717, 1.165) is 0 Å². The van der Waals surface area contributed by atoms with Crippen molar-refractivity contribution in [2.75, 3.05) is 0 Å². The van der Waals surface area contributed by atoms with E-state index in [2.05, 4.69) is 10.3 Å². The van der Waals surface area contributed by atoms with Gasteiger partial charge < -0.3 is 5.32 Å². The number of nitrogens with zero attached hydrogens (tertiary/aromatic N) is 1. The minimum Gasteiger partial charge on any atom is -0.304 e. The van der Waals surface area contributed by atoms with Crippen molar-refractivity contribution in [3.63, 3.8) is 0 Å². The summed E-state index contributed by atoms with van der Waals surface area (Å²) in [4.78, 5) is 15.5. The smallest absolute Gasteiger partial charge is 0.239 e. The summed E-state index contributed by atoms with van der Waals surface area (Å²) in [7, 11) is 0. The van der Waals surface area contributed by atoms with Gasteiger partial charge in [-0.15, -0.1) is 0 Å². The fraction of sp³-hybridized carbons (Fsp3) is 0.200. The molecular weight excluding hydrogens is 267 g/mol. The van der Waals surface area contributed by atoms with Crippen LogP contribution in [0, 0.1) is 0 Å². The molecular formula is C10H8Cl2N2OS. The Bertz CT molecular complexity index is 476. The van der Waals surface area contributed by atoms with Gasteiger partial charge >= 0.3 is 0 Å². The Morgan fingerprint density at radius 3 is 2.75 bits per heavy atom. The molecule has 1 N–H and O–H groups in total. The zero-order chi connectivity index (χ0) is 11.7. The van der Waals surface area contributed by atoms with Crippen LogP contribution < -0.4 is 5.32 Å². The van der Waals surface area contributed by atoms with Crippen molar-refractivity contribution >= 4 is 51.7 Å². The summed E-state index contributed by atoms with van der Waals surface area (Å²) in [6.45, 7) is 1.83. The Labute approximate surface area is 107 Å². The van der Waals surface area contributed by atoms with Crippen LogP contribution in [-0.2, 0) is 4.79 Å². The lowest BCUT2D eigenvalue weighted by atomic mass is 10.3.